The van der Waals surface area contributed by atoms with Gasteiger partial charge in [-0.2, -0.15) is 0 Å². The van der Waals surface area contributed by atoms with E-state index >= 15 is 0 Å². The zero-order chi connectivity index (χ0) is 14.8. The first-order valence-corrected chi connectivity index (χ1v) is 9.65. The van der Waals surface area contributed by atoms with Crippen LogP contribution in [0.2, 0.25) is 0 Å². The van der Waals surface area contributed by atoms with Crippen molar-refractivity contribution in [3.8, 4) is 0 Å². The Kier molecular flexibility index (Phi) is 4.82. The maximum Gasteiger partial charge on any atom is 0.240 e. The molecule has 1 aliphatic rings. The fourth-order valence-electron chi connectivity index (χ4n) is 2.26. The standard InChI is InChI=1S/C13H20N2O3S2/c1-2-10-3-4-12(9-13(10)14)20(17,18)15-11-5-7-19(16)8-6-11/h3-4,9,11,15H,2,5-8,14H2,1H3. The van der Waals surface area contributed by atoms with Gasteiger partial charge in [0.05, 0.1) is 4.90 Å². The summed E-state index contributed by atoms with van der Waals surface area (Å²) in [6.07, 6.45) is 2.01. The molecule has 1 aromatic rings. The molecule has 0 amide bonds. The Labute approximate surface area is 122 Å². The summed E-state index contributed by atoms with van der Waals surface area (Å²) in [6, 6.07) is 4.70. The molecule has 0 aromatic heterocycles. The van der Waals surface area contributed by atoms with Crippen molar-refractivity contribution >= 4 is 26.5 Å². The van der Waals surface area contributed by atoms with E-state index in [1.807, 2.05) is 6.92 Å². The topological polar surface area (TPSA) is 89.3 Å². The summed E-state index contributed by atoms with van der Waals surface area (Å²) in [4.78, 5) is 0.193. The number of hydrogen-bond donors (Lipinski definition) is 2. The van der Waals surface area contributed by atoms with Crippen LogP contribution in [0.4, 0.5) is 5.69 Å². The molecule has 2 rings (SSSR count). The number of hydrogen-bond acceptors (Lipinski definition) is 4. The molecule has 1 saturated heterocycles. The molecule has 1 fully saturated rings. The van der Waals surface area contributed by atoms with Crippen molar-refractivity contribution in [1.82, 2.24) is 4.72 Å². The SMILES string of the molecule is CCc1ccc(S(=O)(=O)NC2CCS(=O)CC2)cc1N. The Balaban J connectivity index is 2.14. The van der Waals surface area contributed by atoms with Crippen LogP contribution in [-0.4, -0.2) is 30.2 Å². The molecule has 0 spiro atoms. The van der Waals surface area contributed by atoms with Crippen LogP contribution in [-0.2, 0) is 27.2 Å². The number of nitrogens with two attached hydrogens (primary N) is 1. The number of benzene rings is 1. The smallest absolute Gasteiger partial charge is 0.240 e. The summed E-state index contributed by atoms with van der Waals surface area (Å²) in [5.74, 6) is 1.12. The van der Waals surface area contributed by atoms with Crippen molar-refractivity contribution in [3.63, 3.8) is 0 Å². The second-order valence-corrected chi connectivity index (χ2v) is 8.37. The van der Waals surface area contributed by atoms with E-state index in [0.717, 1.165) is 12.0 Å². The van der Waals surface area contributed by atoms with Crippen LogP contribution in [0, 0.1) is 0 Å². The average Bonchev–Trinajstić information content (AvgIpc) is 2.41. The minimum atomic E-state index is -3.55. The molecule has 0 atom stereocenters. The molecule has 0 radical (unpaired) electrons. The first-order valence-electron chi connectivity index (χ1n) is 6.68. The van der Waals surface area contributed by atoms with Crippen LogP contribution in [0.25, 0.3) is 0 Å². The van der Waals surface area contributed by atoms with E-state index in [9.17, 15) is 12.6 Å². The van der Waals surface area contributed by atoms with Crippen LogP contribution in [0.3, 0.4) is 0 Å². The molecular formula is C13H20N2O3S2. The van der Waals surface area contributed by atoms with Crippen molar-refractivity contribution in [3.05, 3.63) is 23.8 Å². The minimum absolute atomic E-state index is 0.134. The van der Waals surface area contributed by atoms with Gasteiger partial charge in [-0.25, -0.2) is 13.1 Å². The molecule has 5 nitrogen and oxygen atoms in total. The fraction of sp³-hybridized carbons (Fsp3) is 0.538. The quantitative estimate of drug-likeness (QED) is 0.812. The molecule has 0 aliphatic carbocycles. The van der Waals surface area contributed by atoms with Crippen molar-refractivity contribution in [2.24, 2.45) is 0 Å². The molecule has 0 saturated carbocycles. The first-order chi connectivity index (χ1) is 9.42. The summed E-state index contributed by atoms with van der Waals surface area (Å²) in [5.41, 5.74) is 7.29. The van der Waals surface area contributed by atoms with Gasteiger partial charge in [0.1, 0.15) is 0 Å². The number of nitrogens with one attached hydrogen (secondary N) is 1. The van der Waals surface area contributed by atoms with Crippen molar-refractivity contribution in [2.75, 3.05) is 17.2 Å². The van der Waals surface area contributed by atoms with Gasteiger partial charge >= 0.3 is 0 Å². The van der Waals surface area contributed by atoms with Gasteiger partial charge in [-0.05, 0) is 37.0 Å². The van der Waals surface area contributed by atoms with E-state index in [1.165, 1.54) is 6.07 Å². The van der Waals surface area contributed by atoms with Gasteiger partial charge in [0.2, 0.25) is 10.0 Å². The van der Waals surface area contributed by atoms with Gasteiger partial charge < -0.3 is 5.73 Å². The highest BCUT2D eigenvalue weighted by atomic mass is 32.2. The summed E-state index contributed by atoms with van der Waals surface area (Å²) >= 11 is 0. The lowest BCUT2D eigenvalue weighted by Gasteiger charge is -2.22. The third-order valence-corrected chi connectivity index (χ3v) is 6.42. The van der Waals surface area contributed by atoms with Crippen molar-refractivity contribution < 1.29 is 12.6 Å². The van der Waals surface area contributed by atoms with Gasteiger partial charge in [-0.1, -0.05) is 13.0 Å². The molecule has 1 aromatic carbocycles. The normalized spacial score (nSPS) is 23.6. The van der Waals surface area contributed by atoms with Crippen LogP contribution < -0.4 is 10.5 Å². The van der Waals surface area contributed by atoms with Gasteiger partial charge in [0, 0.05) is 34.0 Å². The lowest BCUT2D eigenvalue weighted by molar-refractivity contribution is 0.522. The average molecular weight is 316 g/mol. The van der Waals surface area contributed by atoms with Crippen LogP contribution in [0.15, 0.2) is 23.1 Å². The van der Waals surface area contributed by atoms with Gasteiger partial charge in [0.15, 0.2) is 0 Å². The Bertz CT molecular complexity index is 604. The van der Waals surface area contributed by atoms with E-state index in [2.05, 4.69) is 4.72 Å². The Morgan fingerprint density at radius 3 is 2.55 bits per heavy atom. The number of aryl methyl sites for hydroxylation is 1. The third kappa shape index (κ3) is 3.59. The van der Waals surface area contributed by atoms with E-state index in [-0.39, 0.29) is 10.9 Å². The fourth-order valence-corrected chi connectivity index (χ4v) is 4.90. The van der Waals surface area contributed by atoms with E-state index in [0.29, 0.717) is 30.0 Å². The first kappa shape index (κ1) is 15.5. The van der Waals surface area contributed by atoms with Crippen molar-refractivity contribution in [1.29, 1.82) is 0 Å². The Morgan fingerprint density at radius 1 is 1.35 bits per heavy atom. The van der Waals surface area contributed by atoms with Crippen LogP contribution in [0.5, 0.6) is 0 Å². The monoisotopic (exact) mass is 316 g/mol. The molecule has 0 unspecified atom stereocenters. The van der Waals surface area contributed by atoms with E-state index in [4.69, 9.17) is 5.73 Å². The highest BCUT2D eigenvalue weighted by Crippen LogP contribution is 2.20. The molecule has 20 heavy (non-hydrogen) atoms. The second-order valence-electron chi connectivity index (χ2n) is 4.96. The molecular weight excluding hydrogens is 296 g/mol. The zero-order valence-corrected chi connectivity index (χ0v) is 13.1. The highest BCUT2D eigenvalue weighted by Gasteiger charge is 2.24. The number of sulfonamides is 1. The van der Waals surface area contributed by atoms with Crippen LogP contribution >= 0.6 is 0 Å². The van der Waals surface area contributed by atoms with E-state index < -0.39 is 20.8 Å². The maximum atomic E-state index is 12.3. The van der Waals surface area contributed by atoms with Crippen molar-refractivity contribution in [2.45, 2.75) is 37.1 Å². The molecule has 7 heteroatoms. The number of anilines is 1. The largest absolute Gasteiger partial charge is 0.398 e. The van der Waals surface area contributed by atoms with E-state index in [1.54, 1.807) is 12.1 Å². The Hall–Kier alpha value is -0.920. The lowest BCUT2D eigenvalue weighted by atomic mass is 10.1. The molecule has 1 heterocycles. The van der Waals surface area contributed by atoms with Crippen LogP contribution in [0.1, 0.15) is 25.3 Å². The lowest BCUT2D eigenvalue weighted by Crippen LogP contribution is -2.39. The summed E-state index contributed by atoms with van der Waals surface area (Å²) in [6.45, 7) is 1.97. The predicted octanol–water partition coefficient (Wildman–Crippen LogP) is 1.02. The number of nitrogen functional groups attached to an aromatic ring is 1. The van der Waals surface area contributed by atoms with Gasteiger partial charge in [-0.15, -0.1) is 0 Å². The second kappa shape index (κ2) is 6.24. The van der Waals surface area contributed by atoms with Gasteiger partial charge in [0.25, 0.3) is 0 Å². The molecule has 0 bridgehead atoms. The summed E-state index contributed by atoms with van der Waals surface area (Å²) in [5, 5.41) is 0. The molecule has 3 N–H and O–H groups in total. The summed E-state index contributed by atoms with van der Waals surface area (Å²) < 4.78 is 38.5. The molecule has 1 aliphatic heterocycles. The van der Waals surface area contributed by atoms with Gasteiger partial charge in [-0.3, -0.25) is 4.21 Å². The summed E-state index contributed by atoms with van der Waals surface area (Å²) in [7, 11) is -4.35. The highest BCUT2D eigenvalue weighted by molar-refractivity contribution is 7.89. The number of rotatable bonds is 4. The molecule has 112 valence electrons. The maximum absolute atomic E-state index is 12.3. The Morgan fingerprint density at radius 2 is 2.00 bits per heavy atom. The predicted molar refractivity (Wildman–Crippen MR) is 81.5 cm³/mol. The third-order valence-electron chi connectivity index (χ3n) is 3.52. The minimum Gasteiger partial charge on any atom is -0.398 e. The zero-order valence-electron chi connectivity index (χ0n) is 11.5.